The molecule has 0 spiro atoms. The fourth-order valence-electron chi connectivity index (χ4n) is 5.04. The molecule has 2 atom stereocenters. The number of halogens is 1. The summed E-state index contributed by atoms with van der Waals surface area (Å²) in [6.07, 6.45) is 1.72. The highest BCUT2D eigenvalue weighted by atomic mass is 79.9. The Labute approximate surface area is 185 Å². The molecule has 2 aliphatic carbocycles. The lowest BCUT2D eigenvalue weighted by atomic mass is 10.1. The largest absolute Gasteiger partial charge is 0.365 e. The fraction of sp³-hybridized carbons (Fsp3) is 0.391. The van der Waals surface area contributed by atoms with Gasteiger partial charge in [-0.1, -0.05) is 45.7 Å². The van der Waals surface area contributed by atoms with Gasteiger partial charge in [0.05, 0.1) is 16.2 Å². The van der Waals surface area contributed by atoms with Gasteiger partial charge in [-0.25, -0.2) is 13.2 Å². The molecule has 0 saturated heterocycles. The van der Waals surface area contributed by atoms with Crippen molar-refractivity contribution < 1.29 is 18.0 Å². The van der Waals surface area contributed by atoms with E-state index in [9.17, 15) is 13.2 Å². The molecule has 0 bridgehead atoms. The first-order valence-corrected chi connectivity index (χ1v) is 12.2. The fourth-order valence-corrected chi connectivity index (χ4v) is 8.32. The maximum absolute atomic E-state index is 13.9. The molecular weight excluding hydrogens is 466 g/mol. The minimum absolute atomic E-state index is 0.362. The van der Waals surface area contributed by atoms with Crippen molar-refractivity contribution in [2.24, 2.45) is 10.6 Å². The van der Waals surface area contributed by atoms with Gasteiger partial charge in [-0.05, 0) is 80.8 Å². The number of benzene rings is 2. The number of sulfone groups is 1. The molecule has 2 saturated carbocycles. The molecule has 0 amide bonds. The Morgan fingerprint density at radius 3 is 2.27 bits per heavy atom. The number of hydrogen-bond acceptors (Lipinski definition) is 5. The molecule has 0 aromatic heterocycles. The van der Waals surface area contributed by atoms with Crippen LogP contribution in [-0.2, 0) is 14.7 Å². The summed E-state index contributed by atoms with van der Waals surface area (Å²) in [7, 11) is -3.70. The van der Waals surface area contributed by atoms with E-state index in [4.69, 9.17) is 4.84 Å². The number of rotatable bonds is 4. The van der Waals surface area contributed by atoms with Crippen LogP contribution in [0.25, 0.3) is 0 Å². The van der Waals surface area contributed by atoms with E-state index in [2.05, 4.69) is 21.1 Å². The third-order valence-electron chi connectivity index (χ3n) is 6.52. The van der Waals surface area contributed by atoms with Crippen molar-refractivity contribution in [3.63, 3.8) is 0 Å². The molecule has 2 aromatic carbocycles. The highest BCUT2D eigenvalue weighted by molar-refractivity contribution is 9.10. The smallest absolute Gasteiger partial charge is 0.313 e. The minimum atomic E-state index is -3.70. The van der Waals surface area contributed by atoms with Crippen LogP contribution in [0.15, 0.2) is 50.9 Å². The Hall–Kier alpha value is -1.99. The van der Waals surface area contributed by atoms with Crippen LogP contribution in [0.4, 0.5) is 0 Å². The number of carbonyl (C=O) groups is 1. The van der Waals surface area contributed by atoms with E-state index in [1.165, 1.54) is 0 Å². The van der Waals surface area contributed by atoms with Crippen LogP contribution < -0.4 is 0 Å². The molecular formula is C23H24BrNO4S. The zero-order valence-electron chi connectivity index (χ0n) is 17.5. The molecule has 158 valence electrons. The molecule has 0 heterocycles. The summed E-state index contributed by atoms with van der Waals surface area (Å²) in [5, 5.41) is 4.11. The summed E-state index contributed by atoms with van der Waals surface area (Å²) in [6.45, 7) is 7.62. The van der Waals surface area contributed by atoms with Gasteiger partial charge in [0, 0.05) is 4.47 Å². The summed E-state index contributed by atoms with van der Waals surface area (Å²) in [5.41, 5.74) is 2.96. The molecule has 2 fully saturated rings. The average Bonchev–Trinajstić information content (AvgIpc) is 3.19. The summed E-state index contributed by atoms with van der Waals surface area (Å²) < 4.78 is 27.5. The second kappa shape index (κ2) is 7.02. The maximum atomic E-state index is 13.9. The maximum Gasteiger partial charge on any atom is 0.365 e. The number of hydrogen-bond donors (Lipinski definition) is 0. The average molecular weight is 490 g/mol. The molecule has 7 heteroatoms. The summed E-state index contributed by atoms with van der Waals surface area (Å²) in [4.78, 5) is 18.0. The predicted octanol–water partition coefficient (Wildman–Crippen LogP) is 5.30. The van der Waals surface area contributed by atoms with E-state index in [-0.39, 0.29) is 5.41 Å². The van der Waals surface area contributed by atoms with Gasteiger partial charge in [0.1, 0.15) is 4.75 Å². The third kappa shape index (κ3) is 3.05. The number of aryl methyl sites for hydroxylation is 3. The predicted molar refractivity (Wildman–Crippen MR) is 120 cm³/mol. The van der Waals surface area contributed by atoms with Crippen molar-refractivity contribution in [2.45, 2.75) is 56.6 Å². The standard InChI is InChI=1S/C23H24BrNO4S/c1-14-11-15(2)20(16(3)12-14)30(27,28)23-13-22(23,4)10-9-19(23)25-29-21(26)17-5-7-18(24)8-6-17/h5-8,11-12H,9-10,13H2,1-4H3/b25-19+/t22-,23+/m1/s1. The third-order valence-corrected chi connectivity index (χ3v) is 10.0. The second-order valence-electron chi connectivity index (χ2n) is 8.72. The molecule has 30 heavy (non-hydrogen) atoms. The quantitative estimate of drug-likeness (QED) is 0.431. The first-order chi connectivity index (χ1) is 14.0. The molecule has 0 unspecified atom stereocenters. The van der Waals surface area contributed by atoms with E-state index >= 15 is 0 Å². The summed E-state index contributed by atoms with van der Waals surface area (Å²) >= 11 is 3.33. The van der Waals surface area contributed by atoms with Crippen LogP contribution in [-0.4, -0.2) is 24.8 Å². The number of oxime groups is 1. The van der Waals surface area contributed by atoms with E-state index in [0.29, 0.717) is 35.4 Å². The normalized spacial score (nSPS) is 26.5. The zero-order chi connectivity index (χ0) is 21.9. The lowest BCUT2D eigenvalue weighted by Crippen LogP contribution is -2.34. The molecule has 4 rings (SSSR count). The van der Waals surface area contributed by atoms with Crippen LogP contribution in [0.1, 0.15) is 53.2 Å². The molecule has 2 aliphatic rings. The van der Waals surface area contributed by atoms with E-state index < -0.39 is 20.6 Å². The van der Waals surface area contributed by atoms with Crippen molar-refractivity contribution in [3.8, 4) is 0 Å². The molecule has 5 nitrogen and oxygen atoms in total. The van der Waals surface area contributed by atoms with Gasteiger partial charge in [-0.15, -0.1) is 0 Å². The van der Waals surface area contributed by atoms with Crippen LogP contribution in [0.2, 0.25) is 0 Å². The van der Waals surface area contributed by atoms with Gasteiger partial charge in [0.25, 0.3) is 0 Å². The van der Waals surface area contributed by atoms with Crippen molar-refractivity contribution in [1.29, 1.82) is 0 Å². The monoisotopic (exact) mass is 489 g/mol. The van der Waals surface area contributed by atoms with E-state index in [1.807, 2.05) is 39.8 Å². The summed E-state index contributed by atoms with van der Waals surface area (Å²) in [6, 6.07) is 10.5. The van der Waals surface area contributed by atoms with Crippen LogP contribution in [0, 0.1) is 26.2 Å². The Bertz CT molecular complexity index is 1160. The highest BCUT2D eigenvalue weighted by Crippen LogP contribution is 2.70. The Balaban J connectivity index is 1.71. The van der Waals surface area contributed by atoms with E-state index in [0.717, 1.165) is 21.2 Å². The van der Waals surface area contributed by atoms with Crippen LogP contribution >= 0.6 is 15.9 Å². The van der Waals surface area contributed by atoms with Crippen LogP contribution in [0.3, 0.4) is 0 Å². The lowest BCUT2D eigenvalue weighted by molar-refractivity contribution is 0.0514. The first-order valence-electron chi connectivity index (χ1n) is 9.89. The van der Waals surface area contributed by atoms with Crippen LogP contribution in [0.5, 0.6) is 0 Å². The second-order valence-corrected chi connectivity index (χ2v) is 11.7. The summed E-state index contributed by atoms with van der Waals surface area (Å²) in [5.74, 6) is -0.598. The Morgan fingerprint density at radius 2 is 1.70 bits per heavy atom. The van der Waals surface area contributed by atoms with Gasteiger partial charge < -0.3 is 4.84 Å². The Kier molecular flexibility index (Phi) is 4.97. The van der Waals surface area contributed by atoms with Gasteiger partial charge >= 0.3 is 5.97 Å². The highest BCUT2D eigenvalue weighted by Gasteiger charge is 2.78. The first kappa shape index (κ1) is 21.2. The lowest BCUT2D eigenvalue weighted by Gasteiger charge is -2.21. The number of nitrogens with zero attached hydrogens (tertiary/aromatic N) is 1. The van der Waals surface area contributed by atoms with Gasteiger partial charge in [-0.3, -0.25) is 0 Å². The number of fused-ring (bicyclic) bond motifs is 1. The van der Waals surface area contributed by atoms with Crippen molar-refractivity contribution in [3.05, 3.63) is 63.1 Å². The van der Waals surface area contributed by atoms with Crippen molar-refractivity contribution in [1.82, 2.24) is 0 Å². The number of carbonyl (C=O) groups excluding carboxylic acids is 1. The van der Waals surface area contributed by atoms with Crippen molar-refractivity contribution in [2.75, 3.05) is 0 Å². The molecule has 0 radical (unpaired) electrons. The SMILES string of the molecule is Cc1cc(C)c(S(=O)(=O)[C@]23C[C@@]2(C)CC/C3=N\OC(=O)c2ccc(Br)cc2)c(C)c1. The minimum Gasteiger partial charge on any atom is -0.313 e. The molecule has 0 N–H and O–H groups in total. The Morgan fingerprint density at radius 1 is 1.10 bits per heavy atom. The molecule has 0 aliphatic heterocycles. The van der Waals surface area contributed by atoms with Gasteiger partial charge in [0.15, 0.2) is 9.84 Å². The van der Waals surface area contributed by atoms with Gasteiger partial charge in [0.2, 0.25) is 0 Å². The molecule has 2 aromatic rings. The van der Waals surface area contributed by atoms with E-state index in [1.54, 1.807) is 24.3 Å². The van der Waals surface area contributed by atoms with Gasteiger partial charge in [-0.2, -0.15) is 0 Å². The van der Waals surface area contributed by atoms with Crippen molar-refractivity contribution >= 4 is 37.4 Å². The zero-order valence-corrected chi connectivity index (χ0v) is 19.9. The topological polar surface area (TPSA) is 72.8 Å².